The van der Waals surface area contributed by atoms with Gasteiger partial charge in [0, 0.05) is 6.42 Å². The minimum atomic E-state index is -0.648. The van der Waals surface area contributed by atoms with E-state index in [9.17, 15) is 9.18 Å². The predicted molar refractivity (Wildman–Crippen MR) is 66.3 cm³/mol. The third-order valence-electron chi connectivity index (χ3n) is 3.40. The number of carbonyl (C=O) groups excluding carboxylic acids is 1. The Morgan fingerprint density at radius 3 is 2.56 bits per heavy atom. The number of hydrogen-bond donors (Lipinski definition) is 0. The number of carbonyl (C=O) groups is 1. The van der Waals surface area contributed by atoms with Gasteiger partial charge in [0.25, 0.3) is 0 Å². The van der Waals surface area contributed by atoms with Crippen LogP contribution in [0.2, 0.25) is 0 Å². The van der Waals surface area contributed by atoms with Gasteiger partial charge in [-0.25, -0.2) is 4.39 Å². The largest absolute Gasteiger partial charge is 0.356 e. The molecule has 1 aliphatic rings. The van der Waals surface area contributed by atoms with Crippen molar-refractivity contribution in [2.24, 2.45) is 5.41 Å². The highest BCUT2D eigenvalue weighted by atomic mass is 19.1. The molecule has 1 saturated heterocycles. The van der Waals surface area contributed by atoms with Crippen LogP contribution in [0.1, 0.15) is 31.9 Å². The second-order valence-corrected chi connectivity index (χ2v) is 5.07. The van der Waals surface area contributed by atoms with Crippen molar-refractivity contribution < 1.29 is 13.9 Å². The van der Waals surface area contributed by atoms with Crippen LogP contribution < -0.4 is 0 Å². The zero-order valence-corrected chi connectivity index (χ0v) is 10.4. The molecule has 1 aliphatic heterocycles. The molecule has 0 saturated carbocycles. The number of halogens is 1. The van der Waals surface area contributed by atoms with E-state index in [0.717, 1.165) is 5.56 Å². The van der Waals surface area contributed by atoms with Gasteiger partial charge in [0.1, 0.15) is 17.7 Å². The van der Waals surface area contributed by atoms with Crippen LogP contribution in [0.4, 0.5) is 4.39 Å². The maximum atomic E-state index is 12.9. The zero-order chi connectivity index (χ0) is 13.3. The second-order valence-electron chi connectivity index (χ2n) is 5.07. The lowest BCUT2D eigenvalue weighted by Crippen LogP contribution is -2.42. The maximum absolute atomic E-state index is 12.9. The summed E-state index contributed by atoms with van der Waals surface area (Å²) < 4.78 is 18.7. The van der Waals surface area contributed by atoms with E-state index >= 15 is 0 Å². The average molecular weight is 246 g/mol. The van der Waals surface area contributed by atoms with Gasteiger partial charge in [-0.3, -0.25) is 4.79 Å². The first-order chi connectivity index (χ1) is 8.45. The molecule has 0 unspecified atom stereocenters. The van der Waals surface area contributed by atoms with Crippen molar-refractivity contribution in [2.75, 3.05) is 0 Å². The summed E-state index contributed by atoms with van der Waals surface area (Å²) in [5.41, 5.74) is 0.125. The van der Waals surface area contributed by atoms with Crippen molar-refractivity contribution in [3.63, 3.8) is 0 Å². The minimum absolute atomic E-state index is 0.0750. The first kappa shape index (κ1) is 12.8. The summed E-state index contributed by atoms with van der Waals surface area (Å²) in [5, 5.41) is 0. The van der Waals surface area contributed by atoms with E-state index in [1.165, 1.54) is 12.1 Å². The van der Waals surface area contributed by atoms with Crippen LogP contribution in [0, 0.1) is 23.6 Å². The molecule has 1 fully saturated rings. The molecule has 3 heteroatoms. The second kappa shape index (κ2) is 4.55. The fraction of sp³-hybridized carbons (Fsp3) is 0.400. The van der Waals surface area contributed by atoms with E-state index in [-0.39, 0.29) is 18.0 Å². The molecule has 1 heterocycles. The smallest absolute Gasteiger partial charge is 0.145 e. The molecule has 2 rings (SSSR count). The molecule has 94 valence electrons. The highest BCUT2D eigenvalue weighted by molar-refractivity contribution is 5.86. The molecule has 1 aromatic carbocycles. The van der Waals surface area contributed by atoms with Gasteiger partial charge in [0.15, 0.2) is 0 Å². The van der Waals surface area contributed by atoms with Gasteiger partial charge in [-0.05, 0) is 17.7 Å². The third kappa shape index (κ3) is 2.16. The Morgan fingerprint density at radius 1 is 1.39 bits per heavy atom. The van der Waals surface area contributed by atoms with E-state index in [0.29, 0.717) is 0 Å². The van der Waals surface area contributed by atoms with Gasteiger partial charge >= 0.3 is 0 Å². The third-order valence-corrected chi connectivity index (χ3v) is 3.40. The molecule has 2 nitrogen and oxygen atoms in total. The number of terminal acetylenes is 1. The number of hydrogen-bond acceptors (Lipinski definition) is 2. The summed E-state index contributed by atoms with van der Waals surface area (Å²) >= 11 is 0. The van der Waals surface area contributed by atoms with Crippen molar-refractivity contribution in [1.29, 1.82) is 0 Å². The average Bonchev–Trinajstić information content (AvgIpc) is 2.34. The minimum Gasteiger partial charge on any atom is -0.356 e. The Labute approximate surface area is 106 Å². The van der Waals surface area contributed by atoms with Crippen molar-refractivity contribution in [2.45, 2.75) is 32.5 Å². The van der Waals surface area contributed by atoms with Crippen molar-refractivity contribution in [1.82, 2.24) is 0 Å². The summed E-state index contributed by atoms with van der Waals surface area (Å²) in [6.07, 6.45) is 4.64. The number of Topliss-reactive ketones (excluding diaryl/α,β-unsaturated/α-hetero) is 1. The zero-order valence-electron chi connectivity index (χ0n) is 10.4. The molecule has 0 radical (unpaired) electrons. The molecule has 0 bridgehead atoms. The molecular formula is C15H15FO2. The van der Waals surface area contributed by atoms with Gasteiger partial charge in [0.05, 0.1) is 11.5 Å². The Morgan fingerprint density at radius 2 is 2.00 bits per heavy atom. The first-order valence-electron chi connectivity index (χ1n) is 5.85. The molecule has 0 aliphatic carbocycles. The van der Waals surface area contributed by atoms with Crippen LogP contribution in [-0.4, -0.2) is 11.9 Å². The van der Waals surface area contributed by atoms with E-state index in [1.54, 1.807) is 12.1 Å². The highest BCUT2D eigenvalue weighted by Crippen LogP contribution is 2.43. The lowest BCUT2D eigenvalue weighted by atomic mass is 9.75. The van der Waals surface area contributed by atoms with Gasteiger partial charge in [-0.2, -0.15) is 0 Å². The standard InChI is InChI=1S/C15H15FO2/c1-4-12-9-13(17)15(2,3)14(18-12)10-5-7-11(16)8-6-10/h1,5-8,12,14H,9H2,2-3H3/t12-,14+/m0/s1. The summed E-state index contributed by atoms with van der Waals surface area (Å²) in [6, 6.07) is 5.99. The molecule has 0 N–H and O–H groups in total. The van der Waals surface area contributed by atoms with Crippen LogP contribution in [0.3, 0.4) is 0 Å². The van der Waals surface area contributed by atoms with Gasteiger partial charge < -0.3 is 4.74 Å². The number of rotatable bonds is 1. The van der Waals surface area contributed by atoms with Crippen LogP contribution in [0.25, 0.3) is 0 Å². The molecule has 0 aromatic heterocycles. The number of ether oxygens (including phenoxy) is 1. The number of benzene rings is 1. The van der Waals surface area contributed by atoms with Crippen LogP contribution in [-0.2, 0) is 9.53 Å². The molecule has 18 heavy (non-hydrogen) atoms. The highest BCUT2D eigenvalue weighted by Gasteiger charge is 2.44. The van der Waals surface area contributed by atoms with E-state index in [2.05, 4.69) is 5.92 Å². The number of ketones is 1. The Kier molecular flexibility index (Phi) is 3.23. The van der Waals surface area contributed by atoms with Crippen molar-refractivity contribution >= 4 is 5.78 Å². The summed E-state index contributed by atoms with van der Waals surface area (Å²) in [7, 11) is 0. The molecule has 1 aromatic rings. The fourth-order valence-corrected chi connectivity index (χ4v) is 2.19. The normalized spacial score (nSPS) is 26.7. The Balaban J connectivity index is 2.37. The summed E-state index contributed by atoms with van der Waals surface area (Å²) in [5.74, 6) is 2.23. The van der Waals surface area contributed by atoms with Crippen LogP contribution in [0.15, 0.2) is 24.3 Å². The molecule has 0 amide bonds. The predicted octanol–water partition coefficient (Wildman–Crippen LogP) is 2.88. The van der Waals surface area contributed by atoms with Gasteiger partial charge in [-0.15, -0.1) is 6.42 Å². The summed E-state index contributed by atoms with van der Waals surface area (Å²) in [6.45, 7) is 3.66. The monoisotopic (exact) mass is 246 g/mol. The van der Waals surface area contributed by atoms with Gasteiger partial charge in [0.2, 0.25) is 0 Å². The van der Waals surface area contributed by atoms with Crippen LogP contribution in [0.5, 0.6) is 0 Å². The Hall–Kier alpha value is -1.66. The molecule has 0 spiro atoms. The lowest BCUT2D eigenvalue weighted by molar-refractivity contribution is -0.154. The Bertz CT molecular complexity index is 496. The van der Waals surface area contributed by atoms with Crippen molar-refractivity contribution in [3.05, 3.63) is 35.6 Å². The SMILES string of the molecule is C#C[C@H]1CC(=O)C(C)(C)[C@@H](c2ccc(F)cc2)O1. The molecular weight excluding hydrogens is 231 g/mol. The van der Waals surface area contributed by atoms with Crippen molar-refractivity contribution in [3.8, 4) is 12.3 Å². The van der Waals surface area contributed by atoms with E-state index in [4.69, 9.17) is 11.2 Å². The fourth-order valence-electron chi connectivity index (χ4n) is 2.19. The quantitative estimate of drug-likeness (QED) is 0.712. The van der Waals surface area contributed by atoms with Crippen LogP contribution >= 0.6 is 0 Å². The lowest BCUT2D eigenvalue weighted by Gasteiger charge is -2.39. The summed E-state index contributed by atoms with van der Waals surface area (Å²) in [4.78, 5) is 12.1. The first-order valence-corrected chi connectivity index (χ1v) is 5.85. The van der Waals surface area contributed by atoms with E-state index < -0.39 is 17.6 Å². The van der Waals surface area contributed by atoms with Gasteiger partial charge in [-0.1, -0.05) is 31.9 Å². The maximum Gasteiger partial charge on any atom is 0.145 e. The molecule has 2 atom stereocenters. The van der Waals surface area contributed by atoms with E-state index in [1.807, 2.05) is 13.8 Å². The topological polar surface area (TPSA) is 26.3 Å².